The van der Waals surface area contributed by atoms with E-state index in [1.165, 1.54) is 12.8 Å². The summed E-state index contributed by atoms with van der Waals surface area (Å²) in [4.78, 5) is 12.0. The van der Waals surface area contributed by atoms with Crippen molar-refractivity contribution in [2.75, 3.05) is 0 Å². The van der Waals surface area contributed by atoms with Gasteiger partial charge in [-0.15, -0.1) is 0 Å². The van der Waals surface area contributed by atoms with Gasteiger partial charge in [0, 0.05) is 24.7 Å². The third-order valence-corrected chi connectivity index (χ3v) is 3.46. The number of hydrogen-bond donors (Lipinski definition) is 3. The molecule has 1 aliphatic carbocycles. The second-order valence-electron chi connectivity index (χ2n) is 4.59. The first-order valence-corrected chi connectivity index (χ1v) is 5.92. The Kier molecular flexibility index (Phi) is 2.40. The summed E-state index contributed by atoms with van der Waals surface area (Å²) < 4.78 is 0. The number of rotatable bonds is 2. The Bertz CT molecular complexity index is 406. The molecular formula is C11H16N4O. The van der Waals surface area contributed by atoms with Gasteiger partial charge in [-0.1, -0.05) is 12.8 Å². The molecule has 1 aromatic rings. The van der Waals surface area contributed by atoms with Gasteiger partial charge in [0.15, 0.2) is 5.69 Å². The normalized spacial score (nSPS) is 20.0. The van der Waals surface area contributed by atoms with Crippen molar-refractivity contribution in [3.63, 3.8) is 0 Å². The van der Waals surface area contributed by atoms with Crippen molar-refractivity contribution in [1.29, 1.82) is 0 Å². The molecule has 0 atom stereocenters. The van der Waals surface area contributed by atoms with E-state index in [-0.39, 0.29) is 5.91 Å². The second kappa shape index (κ2) is 3.90. The molecule has 0 unspecified atom stereocenters. The Morgan fingerprint density at radius 3 is 2.94 bits per heavy atom. The zero-order valence-electron chi connectivity index (χ0n) is 9.18. The topological polar surface area (TPSA) is 69.8 Å². The average molecular weight is 220 g/mol. The van der Waals surface area contributed by atoms with E-state index in [0.29, 0.717) is 11.7 Å². The van der Waals surface area contributed by atoms with Crippen molar-refractivity contribution < 1.29 is 4.79 Å². The molecule has 1 aromatic heterocycles. The Balaban J connectivity index is 1.73. The van der Waals surface area contributed by atoms with Crippen LogP contribution >= 0.6 is 0 Å². The Morgan fingerprint density at radius 1 is 1.31 bits per heavy atom. The van der Waals surface area contributed by atoms with Gasteiger partial charge < -0.3 is 10.6 Å². The highest BCUT2D eigenvalue weighted by Gasteiger charge is 2.25. The highest BCUT2D eigenvalue weighted by molar-refractivity contribution is 5.94. The van der Waals surface area contributed by atoms with Gasteiger partial charge in [0.1, 0.15) is 0 Å². The smallest absolute Gasteiger partial charge is 0.272 e. The summed E-state index contributed by atoms with van der Waals surface area (Å²) >= 11 is 0. The summed E-state index contributed by atoms with van der Waals surface area (Å²) in [5.74, 6) is -0.0203. The highest BCUT2D eigenvalue weighted by Crippen LogP contribution is 2.20. The van der Waals surface area contributed by atoms with E-state index >= 15 is 0 Å². The Morgan fingerprint density at radius 2 is 2.12 bits per heavy atom. The van der Waals surface area contributed by atoms with Crippen LogP contribution in [0.5, 0.6) is 0 Å². The minimum Gasteiger partial charge on any atom is -0.348 e. The molecule has 0 bridgehead atoms. The lowest BCUT2D eigenvalue weighted by atomic mass is 10.2. The SMILES string of the molecule is O=C(NC1CCCC1)c1n[nH]c2c1CNC2. The summed E-state index contributed by atoms with van der Waals surface area (Å²) in [7, 11) is 0. The van der Waals surface area contributed by atoms with Crippen LogP contribution in [-0.2, 0) is 13.1 Å². The molecule has 3 N–H and O–H groups in total. The fourth-order valence-corrected chi connectivity index (χ4v) is 2.56. The molecule has 0 saturated heterocycles. The number of aromatic nitrogens is 2. The Labute approximate surface area is 94.0 Å². The van der Waals surface area contributed by atoms with Crippen molar-refractivity contribution in [3.05, 3.63) is 17.0 Å². The van der Waals surface area contributed by atoms with Crippen LogP contribution in [0.15, 0.2) is 0 Å². The largest absolute Gasteiger partial charge is 0.348 e. The van der Waals surface area contributed by atoms with Crippen LogP contribution in [0.1, 0.15) is 47.4 Å². The number of fused-ring (bicyclic) bond motifs is 1. The molecule has 5 nitrogen and oxygen atoms in total. The maximum Gasteiger partial charge on any atom is 0.272 e. The minimum atomic E-state index is -0.0203. The molecule has 0 radical (unpaired) electrons. The third-order valence-electron chi connectivity index (χ3n) is 3.46. The lowest BCUT2D eigenvalue weighted by Crippen LogP contribution is -2.33. The van der Waals surface area contributed by atoms with E-state index in [2.05, 4.69) is 20.8 Å². The van der Waals surface area contributed by atoms with Gasteiger partial charge in [0.2, 0.25) is 0 Å². The summed E-state index contributed by atoms with van der Waals surface area (Å²) in [6.45, 7) is 1.54. The van der Waals surface area contributed by atoms with E-state index in [1.807, 2.05) is 0 Å². The number of nitrogens with one attached hydrogen (secondary N) is 3. The molecule has 86 valence electrons. The van der Waals surface area contributed by atoms with Crippen molar-refractivity contribution in [3.8, 4) is 0 Å². The van der Waals surface area contributed by atoms with Crippen molar-refractivity contribution in [1.82, 2.24) is 20.8 Å². The van der Waals surface area contributed by atoms with Crippen LogP contribution < -0.4 is 10.6 Å². The van der Waals surface area contributed by atoms with Gasteiger partial charge in [-0.2, -0.15) is 5.10 Å². The first kappa shape index (κ1) is 9.84. The first-order chi connectivity index (χ1) is 7.84. The van der Waals surface area contributed by atoms with Crippen LogP contribution in [-0.4, -0.2) is 22.1 Å². The zero-order chi connectivity index (χ0) is 11.0. The number of H-pyrrole nitrogens is 1. The van der Waals surface area contributed by atoms with Crippen molar-refractivity contribution >= 4 is 5.91 Å². The summed E-state index contributed by atoms with van der Waals surface area (Å²) in [5, 5.41) is 13.3. The van der Waals surface area contributed by atoms with Crippen LogP contribution in [0.2, 0.25) is 0 Å². The van der Waals surface area contributed by atoms with E-state index in [0.717, 1.165) is 37.2 Å². The van der Waals surface area contributed by atoms with Gasteiger partial charge in [0.05, 0.1) is 5.69 Å². The molecule has 1 amide bonds. The molecule has 0 spiro atoms. The van der Waals surface area contributed by atoms with Gasteiger partial charge in [-0.05, 0) is 12.8 Å². The fourth-order valence-electron chi connectivity index (χ4n) is 2.56. The summed E-state index contributed by atoms with van der Waals surface area (Å²) in [6.07, 6.45) is 4.67. The standard InChI is InChI=1S/C11H16N4O/c16-11(13-7-3-1-2-4-7)10-8-5-12-6-9(8)14-15-10/h7,12H,1-6H2,(H,13,16)(H,14,15). The molecule has 0 aromatic carbocycles. The number of hydrogen-bond acceptors (Lipinski definition) is 3. The fraction of sp³-hybridized carbons (Fsp3) is 0.636. The summed E-state index contributed by atoms with van der Waals surface area (Å²) in [5.41, 5.74) is 2.67. The molecule has 2 aliphatic rings. The van der Waals surface area contributed by atoms with E-state index < -0.39 is 0 Å². The lowest BCUT2D eigenvalue weighted by Gasteiger charge is -2.10. The molecule has 1 aliphatic heterocycles. The van der Waals surface area contributed by atoms with Crippen LogP contribution in [0, 0.1) is 0 Å². The molecule has 2 heterocycles. The second-order valence-corrected chi connectivity index (χ2v) is 4.59. The number of aromatic amines is 1. The molecule has 16 heavy (non-hydrogen) atoms. The summed E-state index contributed by atoms with van der Waals surface area (Å²) in [6, 6.07) is 0.356. The van der Waals surface area contributed by atoms with Crippen LogP contribution in [0.25, 0.3) is 0 Å². The van der Waals surface area contributed by atoms with Gasteiger partial charge >= 0.3 is 0 Å². The monoisotopic (exact) mass is 220 g/mol. The van der Waals surface area contributed by atoms with Crippen molar-refractivity contribution in [2.45, 2.75) is 44.8 Å². The third kappa shape index (κ3) is 1.61. The number of amides is 1. The lowest BCUT2D eigenvalue weighted by molar-refractivity contribution is 0.0932. The van der Waals surface area contributed by atoms with Gasteiger partial charge in [-0.25, -0.2) is 0 Å². The molecule has 1 fully saturated rings. The number of carbonyl (C=O) groups is 1. The van der Waals surface area contributed by atoms with Crippen LogP contribution in [0.3, 0.4) is 0 Å². The Hall–Kier alpha value is -1.36. The van der Waals surface area contributed by atoms with E-state index in [9.17, 15) is 4.79 Å². The predicted molar refractivity (Wildman–Crippen MR) is 58.9 cm³/mol. The maximum atomic E-state index is 12.0. The number of nitrogens with zero attached hydrogens (tertiary/aromatic N) is 1. The molecule has 1 saturated carbocycles. The van der Waals surface area contributed by atoms with Gasteiger partial charge in [0.25, 0.3) is 5.91 Å². The van der Waals surface area contributed by atoms with Crippen LogP contribution in [0.4, 0.5) is 0 Å². The molecular weight excluding hydrogens is 204 g/mol. The first-order valence-electron chi connectivity index (χ1n) is 5.92. The van der Waals surface area contributed by atoms with Crippen molar-refractivity contribution in [2.24, 2.45) is 0 Å². The highest BCUT2D eigenvalue weighted by atomic mass is 16.2. The molecule has 5 heteroatoms. The molecule has 3 rings (SSSR count). The number of carbonyl (C=O) groups excluding carboxylic acids is 1. The predicted octanol–water partition coefficient (Wildman–Crippen LogP) is 0.685. The maximum absolute atomic E-state index is 12.0. The van der Waals surface area contributed by atoms with E-state index in [1.54, 1.807) is 0 Å². The quantitative estimate of drug-likeness (QED) is 0.686. The average Bonchev–Trinajstić information content (AvgIpc) is 2.92. The minimum absolute atomic E-state index is 0.0203. The zero-order valence-corrected chi connectivity index (χ0v) is 9.18. The van der Waals surface area contributed by atoms with Gasteiger partial charge in [-0.3, -0.25) is 9.89 Å². The van der Waals surface area contributed by atoms with E-state index in [4.69, 9.17) is 0 Å².